The predicted octanol–water partition coefficient (Wildman–Crippen LogP) is 0.968. The number of rotatable bonds is 5. The molecule has 20 heavy (non-hydrogen) atoms. The van der Waals surface area contributed by atoms with Crippen LogP contribution in [0.5, 0.6) is 0 Å². The van der Waals surface area contributed by atoms with Crippen molar-refractivity contribution in [2.24, 2.45) is 5.92 Å². The topological polar surface area (TPSA) is 70.7 Å². The number of likely N-dealkylation sites (tertiary alicyclic amines) is 1. The van der Waals surface area contributed by atoms with Crippen molar-refractivity contribution < 1.29 is 14.3 Å². The Bertz CT molecular complexity index is 344. The lowest BCUT2D eigenvalue weighted by Gasteiger charge is -2.40. The number of hydrogen-bond donors (Lipinski definition) is 2. The maximum atomic E-state index is 11.7. The predicted molar refractivity (Wildman–Crippen MR) is 77.4 cm³/mol. The first-order valence-electron chi connectivity index (χ1n) is 7.15. The van der Waals surface area contributed by atoms with E-state index in [4.69, 9.17) is 4.74 Å². The van der Waals surface area contributed by atoms with E-state index in [2.05, 4.69) is 24.5 Å². The lowest BCUT2D eigenvalue weighted by Crippen LogP contribution is -2.61. The van der Waals surface area contributed by atoms with Gasteiger partial charge < -0.3 is 20.3 Å². The summed E-state index contributed by atoms with van der Waals surface area (Å²) in [6, 6.07) is 0.173. The van der Waals surface area contributed by atoms with Crippen LogP contribution in [0.2, 0.25) is 0 Å². The molecule has 116 valence electrons. The zero-order chi connectivity index (χ0) is 15.3. The molecule has 1 fully saturated rings. The lowest BCUT2D eigenvalue weighted by molar-refractivity contribution is -0.120. The maximum absolute atomic E-state index is 11.7. The number of ether oxygens (including phenoxy) is 1. The van der Waals surface area contributed by atoms with E-state index in [-0.39, 0.29) is 18.0 Å². The van der Waals surface area contributed by atoms with E-state index >= 15 is 0 Å². The Morgan fingerprint density at radius 2 is 1.90 bits per heavy atom. The molecule has 1 rings (SSSR count). The Kier molecular flexibility index (Phi) is 5.80. The minimum atomic E-state index is -0.466. The summed E-state index contributed by atoms with van der Waals surface area (Å²) in [5.41, 5.74) is -0.466. The second-order valence-corrected chi connectivity index (χ2v) is 6.66. The first-order chi connectivity index (χ1) is 9.17. The molecule has 6 nitrogen and oxygen atoms in total. The second-order valence-electron chi connectivity index (χ2n) is 6.66. The van der Waals surface area contributed by atoms with E-state index in [0.717, 1.165) is 0 Å². The smallest absolute Gasteiger partial charge is 0.410 e. The minimum Gasteiger partial charge on any atom is -0.444 e. The van der Waals surface area contributed by atoms with E-state index in [0.29, 0.717) is 32.1 Å². The van der Waals surface area contributed by atoms with E-state index in [1.54, 1.807) is 4.90 Å². The first kappa shape index (κ1) is 16.8. The van der Waals surface area contributed by atoms with Crippen LogP contribution in [-0.2, 0) is 9.53 Å². The zero-order valence-electron chi connectivity index (χ0n) is 13.2. The van der Waals surface area contributed by atoms with Gasteiger partial charge in [0.15, 0.2) is 0 Å². The van der Waals surface area contributed by atoms with Crippen molar-refractivity contribution in [3.63, 3.8) is 0 Å². The third-order valence-corrected chi connectivity index (χ3v) is 2.79. The van der Waals surface area contributed by atoms with Crippen molar-refractivity contribution >= 4 is 12.0 Å². The average molecular weight is 285 g/mol. The number of carbonyl (C=O) groups excluding carboxylic acids is 2. The SMILES string of the molecule is CC(C)CNC(=O)CNC1CN(C(=O)OC(C)(C)C)C1. The van der Waals surface area contributed by atoms with Crippen LogP contribution in [0.25, 0.3) is 0 Å². The van der Waals surface area contributed by atoms with Crippen LogP contribution in [0.4, 0.5) is 4.79 Å². The number of amides is 2. The fourth-order valence-electron chi connectivity index (χ4n) is 1.70. The van der Waals surface area contributed by atoms with Gasteiger partial charge in [0.25, 0.3) is 0 Å². The fraction of sp³-hybridized carbons (Fsp3) is 0.857. The van der Waals surface area contributed by atoms with Crippen LogP contribution >= 0.6 is 0 Å². The highest BCUT2D eigenvalue weighted by Crippen LogP contribution is 2.14. The van der Waals surface area contributed by atoms with Crippen LogP contribution in [0.1, 0.15) is 34.6 Å². The molecule has 2 N–H and O–H groups in total. The summed E-state index contributed by atoms with van der Waals surface area (Å²) in [7, 11) is 0. The molecule has 0 spiro atoms. The maximum Gasteiger partial charge on any atom is 0.410 e. The Morgan fingerprint density at radius 1 is 1.30 bits per heavy atom. The van der Waals surface area contributed by atoms with Gasteiger partial charge in [0.1, 0.15) is 5.60 Å². The molecule has 2 amide bonds. The van der Waals surface area contributed by atoms with Crippen LogP contribution in [-0.4, -0.2) is 54.7 Å². The molecule has 0 aliphatic carbocycles. The van der Waals surface area contributed by atoms with Gasteiger partial charge in [-0.2, -0.15) is 0 Å². The molecule has 0 radical (unpaired) electrons. The molecule has 0 aromatic carbocycles. The fourth-order valence-corrected chi connectivity index (χ4v) is 1.70. The van der Waals surface area contributed by atoms with Crippen LogP contribution in [0.15, 0.2) is 0 Å². The first-order valence-corrected chi connectivity index (χ1v) is 7.15. The van der Waals surface area contributed by atoms with Crippen molar-refractivity contribution in [2.75, 3.05) is 26.2 Å². The Balaban J connectivity index is 2.13. The average Bonchev–Trinajstić information content (AvgIpc) is 2.21. The summed E-state index contributed by atoms with van der Waals surface area (Å²) < 4.78 is 5.26. The zero-order valence-corrected chi connectivity index (χ0v) is 13.2. The molecule has 1 aliphatic rings. The van der Waals surface area contributed by atoms with Crippen LogP contribution < -0.4 is 10.6 Å². The van der Waals surface area contributed by atoms with E-state index < -0.39 is 5.60 Å². The summed E-state index contributed by atoms with van der Waals surface area (Å²) in [5.74, 6) is 0.444. The van der Waals surface area contributed by atoms with Gasteiger partial charge in [-0.05, 0) is 26.7 Å². The van der Waals surface area contributed by atoms with Gasteiger partial charge in [-0.15, -0.1) is 0 Å². The molecular formula is C14H27N3O3. The van der Waals surface area contributed by atoms with Gasteiger partial charge in [0.2, 0.25) is 5.91 Å². The molecular weight excluding hydrogens is 258 g/mol. The number of nitrogens with zero attached hydrogens (tertiary/aromatic N) is 1. The third kappa shape index (κ3) is 6.23. The molecule has 0 atom stereocenters. The van der Waals surface area contributed by atoms with Gasteiger partial charge in [-0.1, -0.05) is 13.8 Å². The van der Waals surface area contributed by atoms with Crippen molar-refractivity contribution in [3.05, 3.63) is 0 Å². The highest BCUT2D eigenvalue weighted by molar-refractivity contribution is 5.78. The Labute approximate surface area is 121 Å². The molecule has 0 aromatic rings. The van der Waals surface area contributed by atoms with Gasteiger partial charge in [0.05, 0.1) is 6.54 Å². The summed E-state index contributed by atoms with van der Waals surface area (Å²) in [4.78, 5) is 24.8. The van der Waals surface area contributed by atoms with Crippen LogP contribution in [0, 0.1) is 5.92 Å². The van der Waals surface area contributed by atoms with Gasteiger partial charge in [-0.3, -0.25) is 4.79 Å². The summed E-state index contributed by atoms with van der Waals surface area (Å²) in [5, 5.41) is 5.97. The van der Waals surface area contributed by atoms with Crippen molar-refractivity contribution in [3.8, 4) is 0 Å². The highest BCUT2D eigenvalue weighted by Gasteiger charge is 2.33. The van der Waals surface area contributed by atoms with Crippen molar-refractivity contribution in [1.82, 2.24) is 15.5 Å². The summed E-state index contributed by atoms with van der Waals surface area (Å²) >= 11 is 0. The number of hydrogen-bond acceptors (Lipinski definition) is 4. The standard InChI is InChI=1S/C14H27N3O3/c1-10(2)6-16-12(18)7-15-11-8-17(9-11)13(19)20-14(3,4)5/h10-11,15H,6-9H2,1-5H3,(H,16,18). The van der Waals surface area contributed by atoms with Gasteiger partial charge in [-0.25, -0.2) is 4.79 Å². The largest absolute Gasteiger partial charge is 0.444 e. The quantitative estimate of drug-likeness (QED) is 0.789. The normalized spacial score (nSPS) is 16.0. The molecule has 6 heteroatoms. The summed E-state index contributed by atoms with van der Waals surface area (Å²) in [6.45, 7) is 11.8. The van der Waals surface area contributed by atoms with Crippen LogP contribution in [0.3, 0.4) is 0 Å². The molecule has 1 saturated heterocycles. The van der Waals surface area contributed by atoms with Crippen molar-refractivity contribution in [2.45, 2.75) is 46.3 Å². The van der Waals surface area contributed by atoms with Gasteiger partial charge >= 0.3 is 6.09 Å². The lowest BCUT2D eigenvalue weighted by atomic mass is 10.1. The summed E-state index contributed by atoms with van der Waals surface area (Å²) in [6.07, 6.45) is -0.292. The van der Waals surface area contributed by atoms with Crippen molar-refractivity contribution in [1.29, 1.82) is 0 Å². The Hall–Kier alpha value is -1.30. The number of carbonyl (C=O) groups is 2. The molecule has 1 aliphatic heterocycles. The van der Waals surface area contributed by atoms with Gasteiger partial charge in [0, 0.05) is 25.7 Å². The third-order valence-electron chi connectivity index (χ3n) is 2.79. The molecule has 0 unspecified atom stereocenters. The van der Waals surface area contributed by atoms with E-state index in [1.807, 2.05) is 20.8 Å². The molecule has 0 saturated carbocycles. The monoisotopic (exact) mass is 285 g/mol. The number of nitrogens with one attached hydrogen (secondary N) is 2. The minimum absolute atomic E-state index is 0.00517. The van der Waals surface area contributed by atoms with E-state index in [9.17, 15) is 9.59 Å². The highest BCUT2D eigenvalue weighted by atomic mass is 16.6. The van der Waals surface area contributed by atoms with E-state index in [1.165, 1.54) is 0 Å². The molecule has 0 aromatic heterocycles. The molecule has 0 bridgehead atoms. The Morgan fingerprint density at radius 3 is 2.40 bits per heavy atom. The molecule has 1 heterocycles. The second kappa shape index (κ2) is 6.92.